The van der Waals surface area contributed by atoms with Gasteiger partial charge in [-0.15, -0.1) is 0 Å². The zero-order valence-corrected chi connectivity index (χ0v) is 15.1. The van der Waals surface area contributed by atoms with E-state index in [2.05, 4.69) is 0 Å². The van der Waals surface area contributed by atoms with Crippen molar-refractivity contribution < 1.29 is 17.5 Å². The second-order valence-corrected chi connectivity index (χ2v) is 7.99. The van der Waals surface area contributed by atoms with Crippen molar-refractivity contribution in [2.75, 3.05) is 14.2 Å². The van der Waals surface area contributed by atoms with Gasteiger partial charge in [-0.1, -0.05) is 26.0 Å². The Kier molecular flexibility index (Phi) is 5.62. The van der Waals surface area contributed by atoms with Gasteiger partial charge >= 0.3 is 0 Å². The Bertz CT molecular complexity index is 802. The molecule has 0 bridgehead atoms. The SMILES string of the molecule is COc1ccc(S(=O)(=O)N(C)Cc2ccc(F)cc2)cc1C(C)C. The quantitative estimate of drug-likeness (QED) is 0.796. The second-order valence-electron chi connectivity index (χ2n) is 5.95. The molecule has 0 saturated heterocycles. The third kappa shape index (κ3) is 3.94. The number of methoxy groups -OCH3 is 1. The maximum Gasteiger partial charge on any atom is 0.243 e. The maximum atomic E-state index is 13.0. The lowest BCUT2D eigenvalue weighted by molar-refractivity contribution is 0.407. The van der Waals surface area contributed by atoms with Gasteiger partial charge < -0.3 is 4.74 Å². The highest BCUT2D eigenvalue weighted by atomic mass is 32.2. The predicted molar refractivity (Wildman–Crippen MR) is 92.1 cm³/mol. The van der Waals surface area contributed by atoms with Gasteiger partial charge in [0.05, 0.1) is 12.0 Å². The lowest BCUT2D eigenvalue weighted by Crippen LogP contribution is -2.26. The molecule has 24 heavy (non-hydrogen) atoms. The molecule has 0 aromatic heterocycles. The Morgan fingerprint density at radius 3 is 2.29 bits per heavy atom. The lowest BCUT2D eigenvalue weighted by Gasteiger charge is -2.19. The molecule has 0 spiro atoms. The molecule has 0 heterocycles. The van der Waals surface area contributed by atoms with E-state index >= 15 is 0 Å². The molecule has 4 nitrogen and oxygen atoms in total. The van der Waals surface area contributed by atoms with Crippen LogP contribution in [0.4, 0.5) is 4.39 Å². The summed E-state index contributed by atoms with van der Waals surface area (Å²) in [6.07, 6.45) is 0. The Morgan fingerprint density at radius 2 is 1.75 bits per heavy atom. The van der Waals surface area contributed by atoms with Crippen LogP contribution in [-0.2, 0) is 16.6 Å². The molecule has 0 N–H and O–H groups in total. The molecule has 0 amide bonds. The van der Waals surface area contributed by atoms with Crippen molar-refractivity contribution in [1.29, 1.82) is 0 Å². The summed E-state index contributed by atoms with van der Waals surface area (Å²) in [5.74, 6) is 0.462. The fraction of sp³-hybridized carbons (Fsp3) is 0.333. The highest BCUT2D eigenvalue weighted by Crippen LogP contribution is 2.30. The van der Waals surface area contributed by atoms with Gasteiger partial charge in [0.1, 0.15) is 11.6 Å². The summed E-state index contributed by atoms with van der Waals surface area (Å²) < 4.78 is 45.1. The molecule has 0 radical (unpaired) electrons. The van der Waals surface area contributed by atoms with Gasteiger partial charge in [-0.3, -0.25) is 0 Å². The first kappa shape index (κ1) is 18.4. The van der Waals surface area contributed by atoms with Crippen LogP contribution >= 0.6 is 0 Å². The van der Waals surface area contributed by atoms with Crippen LogP contribution in [0.15, 0.2) is 47.4 Å². The molecule has 2 aromatic rings. The number of halogens is 1. The number of nitrogens with zero attached hydrogens (tertiary/aromatic N) is 1. The zero-order chi connectivity index (χ0) is 17.9. The van der Waals surface area contributed by atoms with Crippen molar-refractivity contribution in [2.24, 2.45) is 0 Å². The molecule has 0 aliphatic heterocycles. The summed E-state index contributed by atoms with van der Waals surface area (Å²) in [4.78, 5) is 0.219. The van der Waals surface area contributed by atoms with Crippen LogP contribution in [0.3, 0.4) is 0 Å². The Morgan fingerprint density at radius 1 is 1.12 bits per heavy atom. The molecule has 6 heteroatoms. The molecule has 130 valence electrons. The van der Waals surface area contributed by atoms with E-state index in [1.165, 1.54) is 23.5 Å². The Balaban J connectivity index is 2.32. The normalized spacial score (nSPS) is 12.0. The molecule has 2 aromatic carbocycles. The number of benzene rings is 2. The van der Waals surface area contributed by atoms with E-state index in [9.17, 15) is 12.8 Å². The minimum Gasteiger partial charge on any atom is -0.496 e. The van der Waals surface area contributed by atoms with Crippen molar-refractivity contribution >= 4 is 10.0 Å². The van der Waals surface area contributed by atoms with Gasteiger partial charge in [-0.2, -0.15) is 4.31 Å². The highest BCUT2D eigenvalue weighted by Gasteiger charge is 2.23. The van der Waals surface area contributed by atoms with E-state index in [0.29, 0.717) is 5.75 Å². The number of hydrogen-bond acceptors (Lipinski definition) is 3. The topological polar surface area (TPSA) is 46.6 Å². The third-order valence-electron chi connectivity index (χ3n) is 3.85. The summed E-state index contributed by atoms with van der Waals surface area (Å²) in [5.41, 5.74) is 1.56. The van der Waals surface area contributed by atoms with Crippen LogP contribution < -0.4 is 4.74 Å². The van der Waals surface area contributed by atoms with Crippen molar-refractivity contribution in [3.8, 4) is 5.75 Å². The molecule has 0 aliphatic rings. The van der Waals surface area contributed by atoms with E-state index in [1.54, 1.807) is 37.4 Å². The first-order chi connectivity index (χ1) is 11.3. The van der Waals surface area contributed by atoms with Crippen LogP contribution in [0.1, 0.15) is 30.9 Å². The maximum absolute atomic E-state index is 13.0. The molecule has 0 saturated carbocycles. The molecular weight excluding hydrogens is 329 g/mol. The standard InChI is InChI=1S/C18H22FNO3S/c1-13(2)17-11-16(9-10-18(17)23-4)24(21,22)20(3)12-14-5-7-15(19)8-6-14/h5-11,13H,12H2,1-4H3. The number of sulfonamides is 1. The average Bonchev–Trinajstić information content (AvgIpc) is 2.56. The number of rotatable bonds is 6. The van der Waals surface area contributed by atoms with Gasteiger partial charge in [-0.05, 0) is 47.4 Å². The lowest BCUT2D eigenvalue weighted by atomic mass is 10.0. The van der Waals surface area contributed by atoms with E-state index in [-0.39, 0.29) is 23.2 Å². The Hall–Kier alpha value is -1.92. The largest absolute Gasteiger partial charge is 0.496 e. The van der Waals surface area contributed by atoms with Crippen molar-refractivity contribution in [1.82, 2.24) is 4.31 Å². The first-order valence-electron chi connectivity index (χ1n) is 7.64. The summed E-state index contributed by atoms with van der Waals surface area (Å²) >= 11 is 0. The minimum absolute atomic E-state index is 0.137. The molecule has 2 rings (SSSR count). The molecule has 0 unspecified atom stereocenters. The van der Waals surface area contributed by atoms with Crippen LogP contribution in [0.5, 0.6) is 5.75 Å². The monoisotopic (exact) mass is 351 g/mol. The van der Waals surface area contributed by atoms with Crippen molar-refractivity contribution in [3.05, 3.63) is 59.4 Å². The molecular formula is C18H22FNO3S. The molecule has 0 aliphatic carbocycles. The van der Waals surface area contributed by atoms with Gasteiger partial charge in [0.15, 0.2) is 0 Å². The van der Waals surface area contributed by atoms with Crippen LogP contribution in [0.2, 0.25) is 0 Å². The third-order valence-corrected chi connectivity index (χ3v) is 5.65. The summed E-state index contributed by atoms with van der Waals surface area (Å²) in [6, 6.07) is 10.7. The predicted octanol–water partition coefficient (Wildman–Crippen LogP) is 3.78. The van der Waals surface area contributed by atoms with E-state index < -0.39 is 10.0 Å². The number of hydrogen-bond donors (Lipinski definition) is 0. The second kappa shape index (κ2) is 7.32. The van der Waals surface area contributed by atoms with Gasteiger partial charge in [0.2, 0.25) is 10.0 Å². The van der Waals surface area contributed by atoms with Crippen molar-refractivity contribution in [2.45, 2.75) is 31.2 Å². The van der Waals surface area contributed by atoms with E-state index in [0.717, 1.165) is 11.1 Å². The summed E-state index contributed by atoms with van der Waals surface area (Å²) in [5, 5.41) is 0. The molecule has 0 fully saturated rings. The van der Waals surface area contributed by atoms with Gasteiger partial charge in [-0.25, -0.2) is 12.8 Å². The fourth-order valence-corrected chi connectivity index (χ4v) is 3.63. The Labute approximate surface area is 142 Å². The highest BCUT2D eigenvalue weighted by molar-refractivity contribution is 7.89. The smallest absolute Gasteiger partial charge is 0.243 e. The van der Waals surface area contributed by atoms with Gasteiger partial charge in [0, 0.05) is 13.6 Å². The van der Waals surface area contributed by atoms with E-state index in [1.807, 2.05) is 13.8 Å². The zero-order valence-electron chi connectivity index (χ0n) is 14.3. The van der Waals surface area contributed by atoms with Crippen LogP contribution in [0, 0.1) is 5.82 Å². The number of ether oxygens (including phenoxy) is 1. The van der Waals surface area contributed by atoms with Gasteiger partial charge in [0.25, 0.3) is 0 Å². The summed E-state index contributed by atoms with van der Waals surface area (Å²) in [7, 11) is -0.567. The van der Waals surface area contributed by atoms with Crippen LogP contribution in [-0.4, -0.2) is 26.9 Å². The van der Waals surface area contributed by atoms with E-state index in [4.69, 9.17) is 4.74 Å². The van der Waals surface area contributed by atoms with Crippen LogP contribution in [0.25, 0.3) is 0 Å². The van der Waals surface area contributed by atoms with Crippen molar-refractivity contribution in [3.63, 3.8) is 0 Å². The summed E-state index contributed by atoms with van der Waals surface area (Å²) in [6.45, 7) is 4.14. The minimum atomic E-state index is -3.64. The molecule has 0 atom stereocenters. The fourth-order valence-electron chi connectivity index (χ4n) is 2.44. The first-order valence-corrected chi connectivity index (χ1v) is 9.08. The average molecular weight is 351 g/mol.